The van der Waals surface area contributed by atoms with Crippen LogP contribution in [0.25, 0.3) is 0 Å². The molecule has 5 nitrogen and oxygen atoms in total. The number of hydrogen-bond acceptors (Lipinski definition) is 3. The van der Waals surface area contributed by atoms with Crippen LogP contribution in [0.3, 0.4) is 0 Å². The number of alkyl halides is 6. The van der Waals surface area contributed by atoms with E-state index in [-0.39, 0.29) is 30.0 Å². The molecule has 1 aliphatic carbocycles. The Morgan fingerprint density at radius 3 is 2.09 bits per heavy atom. The van der Waals surface area contributed by atoms with Gasteiger partial charge in [-0.15, -0.1) is 0 Å². The lowest BCUT2D eigenvalue weighted by molar-refractivity contribution is -0.138. The van der Waals surface area contributed by atoms with Crippen LogP contribution in [0.5, 0.6) is 0 Å². The Morgan fingerprint density at radius 1 is 0.857 bits per heavy atom. The van der Waals surface area contributed by atoms with Gasteiger partial charge in [0.15, 0.2) is 0 Å². The minimum atomic E-state index is -4.59. The third-order valence-corrected chi connectivity index (χ3v) is 6.33. The molecule has 2 aliphatic rings. The van der Waals surface area contributed by atoms with Gasteiger partial charge in [0.05, 0.1) is 23.4 Å². The van der Waals surface area contributed by atoms with Crippen molar-refractivity contribution in [3.63, 3.8) is 0 Å². The highest BCUT2D eigenvalue weighted by Crippen LogP contribution is 2.49. The van der Waals surface area contributed by atoms with Crippen molar-refractivity contribution in [1.82, 2.24) is 9.80 Å². The number of piperazine rings is 1. The van der Waals surface area contributed by atoms with Crippen LogP contribution in [0, 0.1) is 5.92 Å². The van der Waals surface area contributed by atoms with Crippen molar-refractivity contribution in [3.8, 4) is 0 Å². The topological polar surface area (TPSA) is 52.7 Å². The summed E-state index contributed by atoms with van der Waals surface area (Å²) in [5.74, 6) is -1.04. The van der Waals surface area contributed by atoms with Crippen LogP contribution in [-0.2, 0) is 21.9 Å². The second-order valence-corrected chi connectivity index (χ2v) is 8.76. The molecule has 2 unspecified atom stereocenters. The first-order chi connectivity index (χ1) is 16.4. The van der Waals surface area contributed by atoms with Crippen molar-refractivity contribution in [2.45, 2.75) is 24.7 Å². The summed E-state index contributed by atoms with van der Waals surface area (Å²) in [6.45, 7) is 1.39. The lowest BCUT2D eigenvalue weighted by Crippen LogP contribution is -2.51. The van der Waals surface area contributed by atoms with Gasteiger partial charge >= 0.3 is 12.4 Å². The van der Waals surface area contributed by atoms with Gasteiger partial charge in [0.2, 0.25) is 11.8 Å². The summed E-state index contributed by atoms with van der Waals surface area (Å²) in [6.07, 6.45) is -8.42. The quantitative estimate of drug-likeness (QED) is 0.612. The lowest BCUT2D eigenvalue weighted by Gasteiger charge is -2.34. The molecule has 11 heteroatoms. The van der Waals surface area contributed by atoms with E-state index in [1.807, 2.05) is 0 Å². The first kappa shape index (κ1) is 25.0. The smallest absolute Gasteiger partial charge is 0.340 e. The molecular formula is C24H23F6N3O2. The SMILES string of the molecule is O=C(CN1CCN(C(=O)C2CC2c2ccc(C(F)(F)F)cc2)CC1)Nc1ccccc1C(F)(F)F. The number of para-hydroxylation sites is 1. The highest BCUT2D eigenvalue weighted by atomic mass is 19.4. The molecule has 1 saturated heterocycles. The minimum absolute atomic E-state index is 0.0712. The van der Waals surface area contributed by atoms with E-state index >= 15 is 0 Å². The van der Waals surface area contributed by atoms with E-state index in [4.69, 9.17) is 0 Å². The Bertz CT molecular complexity index is 1080. The van der Waals surface area contributed by atoms with Gasteiger partial charge in [0.1, 0.15) is 0 Å². The molecule has 1 N–H and O–H groups in total. The van der Waals surface area contributed by atoms with Crippen LogP contribution in [-0.4, -0.2) is 54.3 Å². The van der Waals surface area contributed by atoms with Crippen LogP contribution < -0.4 is 5.32 Å². The summed E-state index contributed by atoms with van der Waals surface area (Å²) in [5.41, 5.74) is -1.25. The molecule has 2 aromatic rings. The van der Waals surface area contributed by atoms with Gasteiger partial charge in [-0.1, -0.05) is 24.3 Å². The number of carbonyl (C=O) groups is 2. The van der Waals surface area contributed by atoms with Gasteiger partial charge < -0.3 is 10.2 Å². The van der Waals surface area contributed by atoms with Crippen LogP contribution in [0.4, 0.5) is 32.0 Å². The molecule has 0 spiro atoms. The Balaban J connectivity index is 1.25. The maximum absolute atomic E-state index is 13.1. The third kappa shape index (κ3) is 5.95. The highest BCUT2D eigenvalue weighted by Gasteiger charge is 2.46. The predicted molar refractivity (Wildman–Crippen MR) is 115 cm³/mol. The van der Waals surface area contributed by atoms with Gasteiger partial charge in [0, 0.05) is 32.1 Å². The first-order valence-corrected chi connectivity index (χ1v) is 11.1. The number of benzene rings is 2. The fraction of sp³-hybridized carbons (Fsp3) is 0.417. The van der Waals surface area contributed by atoms with Crippen molar-refractivity contribution in [1.29, 1.82) is 0 Å². The van der Waals surface area contributed by atoms with E-state index in [9.17, 15) is 35.9 Å². The van der Waals surface area contributed by atoms with Gasteiger partial charge in [-0.3, -0.25) is 14.5 Å². The van der Waals surface area contributed by atoms with Gasteiger partial charge in [0.25, 0.3) is 0 Å². The predicted octanol–water partition coefficient (Wildman–Crippen LogP) is 4.61. The number of amides is 2. The van der Waals surface area contributed by atoms with Crippen molar-refractivity contribution in [2.24, 2.45) is 5.92 Å². The molecule has 0 radical (unpaired) electrons. The molecule has 1 heterocycles. The fourth-order valence-corrected chi connectivity index (χ4v) is 4.35. The van der Waals surface area contributed by atoms with Gasteiger partial charge in [-0.2, -0.15) is 26.3 Å². The fourth-order valence-electron chi connectivity index (χ4n) is 4.35. The van der Waals surface area contributed by atoms with Crippen LogP contribution in [0.15, 0.2) is 48.5 Å². The number of rotatable bonds is 5. The Kier molecular flexibility index (Phi) is 6.81. The molecule has 35 heavy (non-hydrogen) atoms. The zero-order valence-corrected chi connectivity index (χ0v) is 18.5. The largest absolute Gasteiger partial charge is 0.418 e. The summed E-state index contributed by atoms with van der Waals surface area (Å²) in [7, 11) is 0. The molecule has 0 aromatic heterocycles. The van der Waals surface area contributed by atoms with Crippen LogP contribution >= 0.6 is 0 Å². The molecule has 2 aromatic carbocycles. The standard InChI is InChI=1S/C24H23F6N3O2/c25-23(26,27)16-7-5-15(6-8-16)17-13-18(17)22(35)33-11-9-32(10-12-33)14-21(34)31-20-4-2-1-3-19(20)24(28,29)30/h1-8,17-18H,9-14H2,(H,31,34). The summed E-state index contributed by atoms with van der Waals surface area (Å²) in [4.78, 5) is 28.5. The zero-order chi connectivity index (χ0) is 25.4. The van der Waals surface area contributed by atoms with Gasteiger partial charge in [-0.05, 0) is 42.2 Å². The number of halogens is 6. The molecule has 1 aliphatic heterocycles. The van der Waals surface area contributed by atoms with Crippen molar-refractivity contribution in [2.75, 3.05) is 38.0 Å². The summed E-state index contributed by atoms with van der Waals surface area (Å²) in [6, 6.07) is 9.61. The summed E-state index contributed by atoms with van der Waals surface area (Å²) < 4.78 is 77.5. The van der Waals surface area contributed by atoms with E-state index in [2.05, 4.69) is 5.32 Å². The van der Waals surface area contributed by atoms with E-state index in [1.54, 1.807) is 9.80 Å². The van der Waals surface area contributed by atoms with Gasteiger partial charge in [-0.25, -0.2) is 0 Å². The average molecular weight is 499 g/mol. The molecule has 2 fully saturated rings. The normalized spacial score (nSPS) is 21.0. The monoisotopic (exact) mass is 499 g/mol. The second-order valence-electron chi connectivity index (χ2n) is 8.76. The Morgan fingerprint density at radius 2 is 1.49 bits per heavy atom. The van der Waals surface area contributed by atoms with E-state index < -0.39 is 29.4 Å². The van der Waals surface area contributed by atoms with E-state index in [0.29, 0.717) is 38.2 Å². The molecule has 2 amide bonds. The maximum Gasteiger partial charge on any atom is 0.418 e. The summed E-state index contributed by atoms with van der Waals surface area (Å²) >= 11 is 0. The molecule has 2 atom stereocenters. The molecule has 188 valence electrons. The number of nitrogens with zero attached hydrogens (tertiary/aromatic N) is 2. The zero-order valence-electron chi connectivity index (χ0n) is 18.5. The second kappa shape index (κ2) is 9.52. The molecule has 0 bridgehead atoms. The van der Waals surface area contributed by atoms with Crippen LogP contribution in [0.1, 0.15) is 29.0 Å². The third-order valence-electron chi connectivity index (χ3n) is 6.33. The van der Waals surface area contributed by atoms with Crippen molar-refractivity contribution < 1.29 is 35.9 Å². The van der Waals surface area contributed by atoms with Crippen LogP contribution in [0.2, 0.25) is 0 Å². The number of anilines is 1. The number of carbonyl (C=O) groups excluding carboxylic acids is 2. The maximum atomic E-state index is 13.1. The highest BCUT2D eigenvalue weighted by molar-refractivity contribution is 5.93. The number of nitrogens with one attached hydrogen (secondary N) is 1. The van der Waals surface area contributed by atoms with Crippen molar-refractivity contribution >= 4 is 17.5 Å². The number of hydrogen-bond donors (Lipinski definition) is 1. The molecular weight excluding hydrogens is 476 g/mol. The molecule has 1 saturated carbocycles. The average Bonchev–Trinajstić information content (AvgIpc) is 3.59. The Labute approximate surface area is 197 Å². The minimum Gasteiger partial charge on any atom is -0.340 e. The first-order valence-electron chi connectivity index (χ1n) is 11.1. The summed E-state index contributed by atoms with van der Waals surface area (Å²) in [5, 5.41) is 2.31. The van der Waals surface area contributed by atoms with Crippen molar-refractivity contribution in [3.05, 3.63) is 65.2 Å². The molecule has 4 rings (SSSR count). The Hall–Kier alpha value is -3.08. The van der Waals surface area contributed by atoms with E-state index in [0.717, 1.165) is 18.2 Å². The lowest BCUT2D eigenvalue weighted by atomic mass is 10.1. The van der Waals surface area contributed by atoms with E-state index in [1.165, 1.54) is 30.3 Å².